The Kier molecular flexibility index (Phi) is 4.85. The van der Waals surface area contributed by atoms with E-state index in [0.717, 1.165) is 35.4 Å². The predicted molar refractivity (Wildman–Crippen MR) is 127 cm³/mol. The second kappa shape index (κ2) is 7.56. The van der Waals surface area contributed by atoms with Gasteiger partial charge in [-0.25, -0.2) is 0 Å². The van der Waals surface area contributed by atoms with E-state index in [2.05, 4.69) is 74.6 Å². The van der Waals surface area contributed by atoms with Crippen molar-refractivity contribution in [1.29, 1.82) is 0 Å². The van der Waals surface area contributed by atoms with Crippen LogP contribution >= 0.6 is 0 Å². The second-order valence-electron chi connectivity index (χ2n) is 9.54. The van der Waals surface area contributed by atoms with Crippen LogP contribution in [0.3, 0.4) is 0 Å². The number of hydrogen-bond donors (Lipinski definition) is 1. The van der Waals surface area contributed by atoms with Crippen molar-refractivity contribution < 1.29 is 9.53 Å². The van der Waals surface area contributed by atoms with E-state index in [-0.39, 0.29) is 17.2 Å². The van der Waals surface area contributed by atoms with Crippen molar-refractivity contribution in [2.45, 2.75) is 46.1 Å². The maximum absolute atomic E-state index is 13.5. The van der Waals surface area contributed by atoms with Gasteiger partial charge in [0, 0.05) is 23.2 Å². The normalized spacial score (nSPS) is 19.6. The maximum Gasteiger partial charge on any atom is 0.162 e. The number of fused-ring (bicyclic) bond motifs is 4. The number of anilines is 1. The molecule has 0 amide bonds. The molecular weight excluding hydrogens is 382 g/mol. The lowest BCUT2D eigenvalue weighted by Gasteiger charge is -2.40. The number of rotatable bonds is 4. The summed E-state index contributed by atoms with van der Waals surface area (Å²) in [5.41, 5.74) is 5.52. The Balaban J connectivity index is 1.66. The summed E-state index contributed by atoms with van der Waals surface area (Å²) in [7, 11) is 0. The number of nitrogens with one attached hydrogen (secondary N) is 1. The Morgan fingerprint density at radius 1 is 1.00 bits per heavy atom. The number of carbonyl (C=O) groups excluding carboxylic acids is 1. The lowest BCUT2D eigenvalue weighted by atomic mass is 9.68. The van der Waals surface area contributed by atoms with E-state index < -0.39 is 0 Å². The Morgan fingerprint density at radius 3 is 2.55 bits per heavy atom. The molecule has 0 saturated heterocycles. The molecular formula is C28H29NO2. The summed E-state index contributed by atoms with van der Waals surface area (Å²) in [5, 5.41) is 6.13. The van der Waals surface area contributed by atoms with E-state index in [1.54, 1.807) is 0 Å². The van der Waals surface area contributed by atoms with Gasteiger partial charge in [-0.2, -0.15) is 0 Å². The van der Waals surface area contributed by atoms with Crippen molar-refractivity contribution in [3.05, 3.63) is 77.4 Å². The molecule has 0 unspecified atom stereocenters. The van der Waals surface area contributed by atoms with E-state index in [4.69, 9.17) is 4.74 Å². The maximum atomic E-state index is 13.5. The fourth-order valence-electron chi connectivity index (χ4n) is 5.06. The van der Waals surface area contributed by atoms with Crippen molar-refractivity contribution in [1.82, 2.24) is 0 Å². The first kappa shape index (κ1) is 19.9. The minimum absolute atomic E-state index is 0.0378. The van der Waals surface area contributed by atoms with Gasteiger partial charge in [0.25, 0.3) is 0 Å². The van der Waals surface area contributed by atoms with Crippen LogP contribution < -0.4 is 10.1 Å². The number of carbonyl (C=O) groups is 1. The predicted octanol–water partition coefficient (Wildman–Crippen LogP) is 6.94. The SMILES string of the molecule is CCCOc1ccc([C@H]2Nc3ccc4ccccc4c3C3=C2C(=O)CC(C)(C)C3)cc1. The fourth-order valence-corrected chi connectivity index (χ4v) is 5.06. The minimum atomic E-state index is -0.132. The molecule has 0 bridgehead atoms. The largest absolute Gasteiger partial charge is 0.494 e. The summed E-state index contributed by atoms with van der Waals surface area (Å²) in [6.07, 6.45) is 2.48. The molecule has 2 aliphatic rings. The van der Waals surface area contributed by atoms with Gasteiger partial charge in [-0.15, -0.1) is 0 Å². The molecule has 3 aromatic rings. The summed E-state index contributed by atoms with van der Waals surface area (Å²) in [6, 6.07) is 20.9. The number of Topliss-reactive ketones (excluding diaryl/α,β-unsaturated/α-hetero) is 1. The molecule has 5 rings (SSSR count). The molecule has 1 N–H and O–H groups in total. The Labute approximate surface area is 184 Å². The van der Waals surface area contributed by atoms with Gasteiger partial charge < -0.3 is 10.1 Å². The molecule has 31 heavy (non-hydrogen) atoms. The summed E-state index contributed by atoms with van der Waals surface area (Å²) in [6.45, 7) is 7.22. The van der Waals surface area contributed by atoms with Crippen LogP contribution in [0.25, 0.3) is 16.3 Å². The van der Waals surface area contributed by atoms with E-state index in [1.165, 1.54) is 21.9 Å². The van der Waals surface area contributed by atoms with Crippen molar-refractivity contribution >= 4 is 27.8 Å². The third-order valence-electron chi connectivity index (χ3n) is 6.43. The Bertz CT molecular complexity index is 1190. The molecule has 1 aliphatic carbocycles. The van der Waals surface area contributed by atoms with Gasteiger partial charge in [0.1, 0.15) is 5.75 Å². The quantitative estimate of drug-likeness (QED) is 0.505. The van der Waals surface area contributed by atoms with Crippen molar-refractivity contribution in [3.63, 3.8) is 0 Å². The topological polar surface area (TPSA) is 38.3 Å². The van der Waals surface area contributed by atoms with Gasteiger partial charge >= 0.3 is 0 Å². The highest BCUT2D eigenvalue weighted by Gasteiger charge is 2.40. The van der Waals surface area contributed by atoms with E-state index >= 15 is 0 Å². The average molecular weight is 412 g/mol. The monoisotopic (exact) mass is 411 g/mol. The van der Waals surface area contributed by atoms with Gasteiger partial charge in [-0.1, -0.05) is 63.2 Å². The fraction of sp³-hybridized carbons (Fsp3) is 0.321. The minimum Gasteiger partial charge on any atom is -0.494 e. The van der Waals surface area contributed by atoms with E-state index in [0.29, 0.717) is 13.0 Å². The van der Waals surface area contributed by atoms with Crippen LogP contribution in [-0.4, -0.2) is 12.4 Å². The lowest BCUT2D eigenvalue weighted by molar-refractivity contribution is -0.118. The molecule has 3 aromatic carbocycles. The number of allylic oxidation sites excluding steroid dienone is 1. The first-order valence-corrected chi connectivity index (χ1v) is 11.2. The summed E-state index contributed by atoms with van der Waals surface area (Å²) in [4.78, 5) is 13.5. The highest BCUT2D eigenvalue weighted by Crippen LogP contribution is 2.52. The van der Waals surface area contributed by atoms with Crippen LogP contribution in [0, 0.1) is 5.41 Å². The van der Waals surface area contributed by atoms with Crippen molar-refractivity contribution in [2.24, 2.45) is 5.41 Å². The number of ether oxygens (including phenoxy) is 1. The molecule has 3 heteroatoms. The van der Waals surface area contributed by atoms with Crippen molar-refractivity contribution in [2.75, 3.05) is 11.9 Å². The molecule has 0 aromatic heterocycles. The molecule has 1 heterocycles. The number of ketones is 1. The van der Waals surface area contributed by atoms with Crippen LogP contribution in [0.15, 0.2) is 66.2 Å². The molecule has 0 radical (unpaired) electrons. The van der Waals surface area contributed by atoms with E-state index in [1.807, 2.05) is 12.1 Å². The van der Waals surface area contributed by atoms with Gasteiger partial charge in [0.05, 0.1) is 12.6 Å². The zero-order chi connectivity index (χ0) is 21.6. The zero-order valence-electron chi connectivity index (χ0n) is 18.5. The average Bonchev–Trinajstić information content (AvgIpc) is 2.76. The molecule has 0 fully saturated rings. The highest BCUT2D eigenvalue weighted by molar-refractivity contribution is 6.12. The molecule has 158 valence electrons. The summed E-state index contributed by atoms with van der Waals surface area (Å²) in [5.74, 6) is 1.13. The van der Waals surface area contributed by atoms with Gasteiger partial charge in [0.15, 0.2) is 5.78 Å². The summed E-state index contributed by atoms with van der Waals surface area (Å²) < 4.78 is 5.76. The van der Waals surface area contributed by atoms with Gasteiger partial charge in [0.2, 0.25) is 0 Å². The molecule has 0 spiro atoms. The Hall–Kier alpha value is -3.07. The zero-order valence-corrected chi connectivity index (χ0v) is 18.5. The second-order valence-corrected chi connectivity index (χ2v) is 9.54. The number of benzene rings is 3. The van der Waals surface area contributed by atoms with Gasteiger partial charge in [-0.3, -0.25) is 4.79 Å². The molecule has 0 saturated carbocycles. The van der Waals surface area contributed by atoms with Crippen LogP contribution in [0.1, 0.15) is 57.2 Å². The molecule has 1 aliphatic heterocycles. The van der Waals surface area contributed by atoms with Gasteiger partial charge in [-0.05, 0) is 58.4 Å². The third kappa shape index (κ3) is 3.52. The molecule has 3 nitrogen and oxygen atoms in total. The van der Waals surface area contributed by atoms with Crippen molar-refractivity contribution in [3.8, 4) is 5.75 Å². The lowest BCUT2D eigenvalue weighted by Crippen LogP contribution is -2.33. The van der Waals surface area contributed by atoms with Crippen LogP contribution in [0.5, 0.6) is 5.75 Å². The first-order valence-electron chi connectivity index (χ1n) is 11.2. The number of hydrogen-bond acceptors (Lipinski definition) is 3. The first-order chi connectivity index (χ1) is 15.0. The van der Waals surface area contributed by atoms with Crippen LogP contribution in [0.4, 0.5) is 5.69 Å². The highest BCUT2D eigenvalue weighted by atomic mass is 16.5. The van der Waals surface area contributed by atoms with Crippen LogP contribution in [0.2, 0.25) is 0 Å². The summed E-state index contributed by atoms with van der Waals surface area (Å²) >= 11 is 0. The standard InChI is InChI=1S/C28H29NO2/c1-4-15-31-20-12-9-19(10-13-20)27-26-22(16-28(2,3)17-24(26)30)25-21-8-6-5-7-18(21)11-14-23(25)29-27/h5-14,27,29H,4,15-17H2,1-3H3/t27-/m1/s1. The van der Waals surface area contributed by atoms with Crippen LogP contribution in [-0.2, 0) is 4.79 Å². The van der Waals surface area contributed by atoms with E-state index in [9.17, 15) is 4.79 Å². The smallest absolute Gasteiger partial charge is 0.162 e. The third-order valence-corrected chi connectivity index (χ3v) is 6.43. The Morgan fingerprint density at radius 2 is 1.77 bits per heavy atom. The molecule has 1 atom stereocenters.